The second kappa shape index (κ2) is 12.0. The molecule has 0 saturated heterocycles. The molecule has 1 heterocycles. The van der Waals surface area contributed by atoms with E-state index in [0.717, 1.165) is 44.5 Å². The first kappa shape index (κ1) is 26.8. The van der Waals surface area contributed by atoms with E-state index >= 15 is 0 Å². The molecule has 1 aromatic heterocycles. The van der Waals surface area contributed by atoms with E-state index in [-0.39, 0.29) is 19.0 Å². The monoisotopic (exact) mass is 551 g/mol. The summed E-state index contributed by atoms with van der Waals surface area (Å²) in [5.41, 5.74) is 7.53. The summed E-state index contributed by atoms with van der Waals surface area (Å²) < 4.78 is 6.32. The number of amides is 1. The Hall–Kier alpha value is -5.42. The van der Waals surface area contributed by atoms with Crippen molar-refractivity contribution in [2.24, 2.45) is 0 Å². The number of furan rings is 1. The van der Waals surface area contributed by atoms with E-state index in [0.29, 0.717) is 12.0 Å². The van der Waals surface area contributed by atoms with Gasteiger partial charge < -0.3 is 14.4 Å². The third kappa shape index (κ3) is 5.86. The van der Waals surface area contributed by atoms with Crippen molar-refractivity contribution in [3.05, 3.63) is 156 Å². The Bertz CT molecular complexity index is 1820. The van der Waals surface area contributed by atoms with Crippen LogP contribution in [-0.4, -0.2) is 28.4 Å². The highest BCUT2D eigenvalue weighted by molar-refractivity contribution is 5.97. The second-order valence-electron chi connectivity index (χ2n) is 10.3. The van der Waals surface area contributed by atoms with Crippen molar-refractivity contribution in [3.8, 4) is 22.3 Å². The van der Waals surface area contributed by atoms with Crippen LogP contribution in [0.3, 0.4) is 0 Å². The molecule has 0 aliphatic rings. The van der Waals surface area contributed by atoms with E-state index in [4.69, 9.17) is 4.42 Å². The predicted octanol–water partition coefficient (Wildman–Crippen LogP) is 8.08. The lowest BCUT2D eigenvalue weighted by Crippen LogP contribution is -2.35. The first-order valence-corrected chi connectivity index (χ1v) is 13.9. The van der Waals surface area contributed by atoms with E-state index in [1.807, 2.05) is 78.9 Å². The number of benzene rings is 5. The number of carboxylic acid groups (broad SMARTS) is 1. The topological polar surface area (TPSA) is 70.8 Å². The van der Waals surface area contributed by atoms with Gasteiger partial charge in [-0.15, -0.1) is 0 Å². The van der Waals surface area contributed by atoms with Crippen LogP contribution in [-0.2, 0) is 17.8 Å². The highest BCUT2D eigenvalue weighted by Crippen LogP contribution is 2.37. The van der Waals surface area contributed by atoms with Crippen molar-refractivity contribution in [2.45, 2.75) is 13.0 Å². The SMILES string of the molecule is O=C(O)CN(Cc1ccccc1)C(=O)c1ccc(-c2ccc(-c3c(Cc4ccccc4)oc4ccccc34)cc2)cc1. The Kier molecular flexibility index (Phi) is 7.64. The highest BCUT2D eigenvalue weighted by Gasteiger charge is 2.20. The van der Waals surface area contributed by atoms with Crippen LogP contribution in [0.2, 0.25) is 0 Å². The van der Waals surface area contributed by atoms with Crippen LogP contribution in [0.15, 0.2) is 138 Å². The summed E-state index contributed by atoms with van der Waals surface area (Å²) in [6.07, 6.45) is 0.700. The van der Waals surface area contributed by atoms with Crippen molar-refractivity contribution < 1.29 is 19.1 Å². The molecule has 1 amide bonds. The van der Waals surface area contributed by atoms with E-state index in [1.165, 1.54) is 10.5 Å². The summed E-state index contributed by atoms with van der Waals surface area (Å²) in [6.45, 7) is -0.143. The zero-order valence-electron chi connectivity index (χ0n) is 22.9. The molecule has 0 unspecified atom stereocenters. The quantitative estimate of drug-likeness (QED) is 0.197. The van der Waals surface area contributed by atoms with Gasteiger partial charge in [-0.1, -0.05) is 115 Å². The van der Waals surface area contributed by atoms with Crippen molar-refractivity contribution in [3.63, 3.8) is 0 Å². The third-order valence-corrected chi connectivity index (χ3v) is 7.34. The summed E-state index contributed by atoms with van der Waals surface area (Å²) in [7, 11) is 0. The van der Waals surface area contributed by atoms with Gasteiger partial charge >= 0.3 is 5.97 Å². The van der Waals surface area contributed by atoms with Gasteiger partial charge in [0.05, 0.1) is 0 Å². The lowest BCUT2D eigenvalue weighted by atomic mass is 9.96. The van der Waals surface area contributed by atoms with Crippen molar-refractivity contribution in [2.75, 3.05) is 6.54 Å². The number of aliphatic carboxylic acids is 1. The number of rotatable bonds is 9. The minimum atomic E-state index is -1.05. The summed E-state index contributed by atoms with van der Waals surface area (Å²) in [6, 6.07) is 43.5. The van der Waals surface area contributed by atoms with Gasteiger partial charge in [-0.05, 0) is 46.0 Å². The Morgan fingerprint density at radius 1 is 0.619 bits per heavy atom. The maximum Gasteiger partial charge on any atom is 0.323 e. The number of carbonyl (C=O) groups is 2. The lowest BCUT2D eigenvalue weighted by molar-refractivity contribution is -0.137. The predicted molar refractivity (Wildman–Crippen MR) is 165 cm³/mol. The average Bonchev–Trinajstić information content (AvgIpc) is 3.39. The zero-order chi connectivity index (χ0) is 28.9. The number of para-hydroxylation sites is 1. The van der Waals surface area contributed by atoms with Crippen LogP contribution in [0.4, 0.5) is 0 Å². The first-order valence-electron chi connectivity index (χ1n) is 13.9. The molecule has 0 bridgehead atoms. The van der Waals surface area contributed by atoms with Gasteiger partial charge in [0.15, 0.2) is 0 Å². The molecule has 6 rings (SSSR count). The Morgan fingerprint density at radius 2 is 1.17 bits per heavy atom. The Morgan fingerprint density at radius 3 is 1.81 bits per heavy atom. The summed E-state index contributed by atoms with van der Waals surface area (Å²) in [4.78, 5) is 26.1. The van der Waals surface area contributed by atoms with Crippen molar-refractivity contribution >= 4 is 22.8 Å². The van der Waals surface area contributed by atoms with Gasteiger partial charge in [0.1, 0.15) is 17.9 Å². The van der Waals surface area contributed by atoms with Gasteiger partial charge in [0, 0.05) is 29.5 Å². The maximum absolute atomic E-state index is 13.2. The standard InChI is InChI=1S/C37H29NO4/c39-35(40)25-38(24-27-11-5-2-6-12-27)37(41)31-21-17-29(18-22-31)28-15-19-30(20-16-28)36-32-13-7-8-14-33(32)42-34(36)23-26-9-3-1-4-10-26/h1-22H,23-25H2,(H,39,40). The number of carboxylic acids is 1. The number of nitrogens with zero attached hydrogens (tertiary/aromatic N) is 1. The molecule has 5 heteroatoms. The van der Waals surface area contributed by atoms with Gasteiger partial charge in [0.2, 0.25) is 0 Å². The molecule has 6 aromatic rings. The molecule has 5 nitrogen and oxygen atoms in total. The van der Waals surface area contributed by atoms with Crippen LogP contribution < -0.4 is 0 Å². The van der Waals surface area contributed by atoms with Crippen LogP contribution in [0.5, 0.6) is 0 Å². The summed E-state index contributed by atoms with van der Waals surface area (Å²) >= 11 is 0. The number of carbonyl (C=O) groups excluding carboxylic acids is 1. The largest absolute Gasteiger partial charge is 0.480 e. The van der Waals surface area contributed by atoms with Crippen molar-refractivity contribution in [1.29, 1.82) is 0 Å². The molecular formula is C37H29NO4. The fourth-order valence-electron chi connectivity index (χ4n) is 5.30. The summed E-state index contributed by atoms with van der Waals surface area (Å²) in [5.74, 6) is -0.436. The van der Waals surface area contributed by atoms with Crippen LogP contribution in [0.1, 0.15) is 27.2 Å². The Labute approximate surface area is 244 Å². The molecular weight excluding hydrogens is 522 g/mol. The molecule has 0 spiro atoms. The average molecular weight is 552 g/mol. The van der Waals surface area contributed by atoms with Gasteiger partial charge in [0.25, 0.3) is 5.91 Å². The molecule has 0 atom stereocenters. The van der Waals surface area contributed by atoms with E-state index in [1.54, 1.807) is 12.1 Å². The van der Waals surface area contributed by atoms with Crippen LogP contribution in [0.25, 0.3) is 33.2 Å². The molecule has 0 aliphatic heterocycles. The third-order valence-electron chi connectivity index (χ3n) is 7.34. The minimum Gasteiger partial charge on any atom is -0.480 e. The first-order chi connectivity index (χ1) is 20.5. The second-order valence-corrected chi connectivity index (χ2v) is 10.3. The highest BCUT2D eigenvalue weighted by atomic mass is 16.4. The Balaban J connectivity index is 1.24. The fraction of sp³-hybridized carbons (Fsp3) is 0.0811. The van der Waals surface area contributed by atoms with Gasteiger partial charge in [-0.3, -0.25) is 9.59 Å². The normalized spacial score (nSPS) is 11.0. The molecule has 0 aliphatic carbocycles. The van der Waals surface area contributed by atoms with Crippen LogP contribution in [0, 0.1) is 0 Å². The number of fused-ring (bicyclic) bond motifs is 1. The number of hydrogen-bond donors (Lipinski definition) is 1. The fourth-order valence-corrected chi connectivity index (χ4v) is 5.30. The molecule has 206 valence electrons. The molecule has 1 N–H and O–H groups in total. The molecule has 0 radical (unpaired) electrons. The van der Waals surface area contributed by atoms with E-state index < -0.39 is 5.97 Å². The molecule has 5 aromatic carbocycles. The maximum atomic E-state index is 13.2. The smallest absolute Gasteiger partial charge is 0.323 e. The zero-order valence-corrected chi connectivity index (χ0v) is 22.9. The minimum absolute atomic E-state index is 0.226. The lowest BCUT2D eigenvalue weighted by Gasteiger charge is -2.21. The number of hydrogen-bond acceptors (Lipinski definition) is 3. The molecule has 0 saturated carbocycles. The summed E-state index contributed by atoms with van der Waals surface area (Å²) in [5, 5.41) is 10.5. The van der Waals surface area contributed by atoms with E-state index in [2.05, 4.69) is 42.5 Å². The molecule has 0 fully saturated rings. The van der Waals surface area contributed by atoms with Crippen LogP contribution >= 0.6 is 0 Å². The molecule has 42 heavy (non-hydrogen) atoms. The van der Waals surface area contributed by atoms with Crippen molar-refractivity contribution in [1.82, 2.24) is 4.90 Å². The van der Waals surface area contributed by atoms with Gasteiger partial charge in [-0.2, -0.15) is 0 Å². The van der Waals surface area contributed by atoms with E-state index in [9.17, 15) is 14.7 Å². The van der Waals surface area contributed by atoms with Gasteiger partial charge in [-0.25, -0.2) is 0 Å².